The third-order valence-electron chi connectivity index (χ3n) is 6.84. The van der Waals surface area contributed by atoms with Crippen molar-refractivity contribution in [1.29, 1.82) is 0 Å². The van der Waals surface area contributed by atoms with Crippen LogP contribution in [0.5, 0.6) is 0 Å². The van der Waals surface area contributed by atoms with Crippen LogP contribution in [-0.2, 0) is 12.8 Å². The maximum Gasteiger partial charge on any atom is 0.101 e. The van der Waals surface area contributed by atoms with Crippen LogP contribution >= 0.6 is 0 Å². The fourth-order valence-electron chi connectivity index (χ4n) is 4.65. The average molecular weight is 518 g/mol. The molecule has 3 aromatic rings. The molecule has 2 N–H and O–H groups in total. The molecule has 4 heteroatoms. The van der Waals surface area contributed by atoms with Gasteiger partial charge in [-0.15, -0.1) is 0 Å². The van der Waals surface area contributed by atoms with Crippen LogP contribution in [0.25, 0.3) is 11.8 Å². The van der Waals surface area contributed by atoms with E-state index in [2.05, 4.69) is 91.8 Å². The summed E-state index contributed by atoms with van der Waals surface area (Å²) in [5.74, 6) is 0. The van der Waals surface area contributed by atoms with Crippen LogP contribution in [-0.4, -0.2) is 27.7 Å². The van der Waals surface area contributed by atoms with Crippen molar-refractivity contribution < 1.29 is 0 Å². The SMILES string of the molecule is BCCCCCCCc1cccc(/C=C(\NC)C(=C)/C(Cc2ccccc2)=N\C(=C/NC)c2ccccc2)c1. The molecule has 0 aliphatic heterocycles. The number of unbranched alkanes of at least 4 members (excludes halogenated alkanes) is 4. The normalized spacial score (nSPS) is 12.3. The average Bonchev–Trinajstić information content (AvgIpc) is 2.98. The zero-order chi connectivity index (χ0) is 27.7. The first kappa shape index (κ1) is 29.8. The van der Waals surface area contributed by atoms with E-state index in [1.807, 2.05) is 44.6 Å². The van der Waals surface area contributed by atoms with Crippen LogP contribution in [0.15, 0.2) is 114 Å². The second-order valence-electron chi connectivity index (χ2n) is 9.95. The maximum absolute atomic E-state index is 5.17. The third kappa shape index (κ3) is 10.1. The van der Waals surface area contributed by atoms with Gasteiger partial charge in [-0.1, -0.05) is 124 Å². The number of hydrogen-bond donors (Lipinski definition) is 2. The predicted octanol–water partition coefficient (Wildman–Crippen LogP) is 7.25. The summed E-state index contributed by atoms with van der Waals surface area (Å²) in [4.78, 5) is 5.17. The van der Waals surface area contributed by atoms with Gasteiger partial charge in [-0.05, 0) is 35.6 Å². The summed E-state index contributed by atoms with van der Waals surface area (Å²) in [5, 5.41) is 6.56. The number of nitrogens with one attached hydrogen (secondary N) is 2. The van der Waals surface area contributed by atoms with Gasteiger partial charge in [0, 0.05) is 43.5 Å². The summed E-state index contributed by atoms with van der Waals surface area (Å²) < 4.78 is 0. The molecule has 0 aromatic heterocycles. The maximum atomic E-state index is 5.17. The number of nitrogens with zero attached hydrogens (tertiary/aromatic N) is 1. The van der Waals surface area contributed by atoms with Crippen LogP contribution in [0, 0.1) is 0 Å². The largest absolute Gasteiger partial charge is 0.392 e. The highest BCUT2D eigenvalue weighted by molar-refractivity contribution is 6.08. The quantitative estimate of drug-likeness (QED) is 0.0909. The molecule has 202 valence electrons. The Bertz CT molecular complexity index is 1240. The molecule has 0 unspecified atom stereocenters. The lowest BCUT2D eigenvalue weighted by Crippen LogP contribution is -2.17. The first-order valence-corrected chi connectivity index (χ1v) is 14.4. The summed E-state index contributed by atoms with van der Waals surface area (Å²) in [6.45, 7) is 4.52. The van der Waals surface area contributed by atoms with Crippen molar-refractivity contribution in [1.82, 2.24) is 10.6 Å². The van der Waals surface area contributed by atoms with Gasteiger partial charge in [0.2, 0.25) is 0 Å². The number of rotatable bonds is 16. The fourth-order valence-corrected chi connectivity index (χ4v) is 4.65. The van der Waals surface area contributed by atoms with Crippen LogP contribution in [0.3, 0.4) is 0 Å². The Kier molecular flexibility index (Phi) is 12.9. The molecule has 3 nitrogen and oxygen atoms in total. The second-order valence-corrected chi connectivity index (χ2v) is 9.95. The van der Waals surface area contributed by atoms with Crippen molar-refractivity contribution in [2.45, 2.75) is 51.3 Å². The van der Waals surface area contributed by atoms with E-state index in [1.54, 1.807) is 0 Å². The summed E-state index contributed by atoms with van der Waals surface area (Å²) in [6, 6.07) is 29.6. The molecule has 0 spiro atoms. The number of likely N-dealkylation sites (N-methyl/N-ethyl adjacent to an activating group) is 1. The Balaban J connectivity index is 1.87. The number of aryl methyl sites for hydroxylation is 1. The highest BCUT2D eigenvalue weighted by Crippen LogP contribution is 2.22. The van der Waals surface area contributed by atoms with E-state index in [0.717, 1.165) is 34.7 Å². The third-order valence-corrected chi connectivity index (χ3v) is 6.84. The molecular formula is C35H44BN3. The number of benzene rings is 3. The van der Waals surface area contributed by atoms with Crippen molar-refractivity contribution in [3.8, 4) is 0 Å². The fraction of sp³-hybridized carbons (Fsp3) is 0.286. The molecule has 0 saturated heterocycles. The zero-order valence-corrected chi connectivity index (χ0v) is 24.0. The summed E-state index contributed by atoms with van der Waals surface area (Å²) in [6.07, 6.45) is 13.8. The van der Waals surface area contributed by atoms with Gasteiger partial charge in [-0.2, -0.15) is 0 Å². The standard InChI is InChI=1S/C35H44BN3/c1-28(33(38-3)26-31-20-15-19-29(24-31)16-9-5-4-6-14-23-36)34(25-30-17-10-7-11-18-30)39-35(27-37-2)32-21-12-8-13-22-32/h7-8,10-13,15,17-22,24,26-27,37-38H,1,4-6,9,14,16,23,25,36H2,2-3H3/b33-26-,35-27-,39-34-. The van der Waals surface area contributed by atoms with Gasteiger partial charge >= 0.3 is 0 Å². The van der Waals surface area contributed by atoms with Gasteiger partial charge in [0.25, 0.3) is 0 Å². The molecule has 0 aliphatic rings. The number of allylic oxidation sites excluding steroid dienone is 1. The van der Waals surface area contributed by atoms with Crippen LogP contribution in [0.2, 0.25) is 6.32 Å². The lowest BCUT2D eigenvalue weighted by Gasteiger charge is -2.16. The van der Waals surface area contributed by atoms with E-state index in [4.69, 9.17) is 4.99 Å². The molecule has 0 atom stereocenters. The number of aliphatic imine (C=N–C) groups is 1. The van der Waals surface area contributed by atoms with Crippen molar-refractivity contribution in [3.63, 3.8) is 0 Å². The summed E-state index contributed by atoms with van der Waals surface area (Å²) in [7, 11) is 6.13. The zero-order valence-electron chi connectivity index (χ0n) is 24.0. The highest BCUT2D eigenvalue weighted by Gasteiger charge is 2.13. The van der Waals surface area contributed by atoms with Crippen LogP contribution in [0.4, 0.5) is 0 Å². The monoisotopic (exact) mass is 517 g/mol. The van der Waals surface area contributed by atoms with Gasteiger partial charge in [-0.25, -0.2) is 0 Å². The van der Waals surface area contributed by atoms with Crippen molar-refractivity contribution >= 4 is 25.3 Å². The van der Waals surface area contributed by atoms with Gasteiger partial charge in [0.1, 0.15) is 7.85 Å². The van der Waals surface area contributed by atoms with E-state index in [-0.39, 0.29) is 0 Å². The Hall–Kier alpha value is -3.79. The van der Waals surface area contributed by atoms with E-state index in [9.17, 15) is 0 Å². The minimum atomic E-state index is 0.685. The molecule has 3 aromatic carbocycles. The second kappa shape index (κ2) is 16.9. The Morgan fingerprint density at radius 3 is 2.18 bits per heavy atom. The first-order valence-electron chi connectivity index (χ1n) is 14.4. The molecule has 0 radical (unpaired) electrons. The van der Waals surface area contributed by atoms with E-state index >= 15 is 0 Å². The molecule has 0 amide bonds. The molecule has 0 heterocycles. The Labute approximate surface area is 237 Å². The molecule has 3 rings (SSSR count). The molecule has 39 heavy (non-hydrogen) atoms. The van der Waals surface area contributed by atoms with E-state index in [0.29, 0.717) is 6.42 Å². The summed E-state index contributed by atoms with van der Waals surface area (Å²) in [5.41, 5.74) is 8.49. The van der Waals surface area contributed by atoms with Crippen molar-refractivity contribution in [2.75, 3.05) is 14.1 Å². The molecule has 0 saturated carbocycles. The van der Waals surface area contributed by atoms with E-state index < -0.39 is 0 Å². The van der Waals surface area contributed by atoms with Crippen LogP contribution in [0.1, 0.15) is 54.4 Å². The van der Waals surface area contributed by atoms with Gasteiger partial charge in [-0.3, -0.25) is 4.99 Å². The first-order chi connectivity index (χ1) is 19.1. The molecule has 0 bridgehead atoms. The highest BCUT2D eigenvalue weighted by atomic mass is 14.9. The van der Waals surface area contributed by atoms with Crippen molar-refractivity contribution in [2.24, 2.45) is 4.99 Å². The summed E-state index contributed by atoms with van der Waals surface area (Å²) >= 11 is 0. The van der Waals surface area contributed by atoms with Crippen molar-refractivity contribution in [3.05, 3.63) is 131 Å². The minimum Gasteiger partial charge on any atom is -0.392 e. The van der Waals surface area contributed by atoms with Gasteiger partial charge in [0.15, 0.2) is 0 Å². The van der Waals surface area contributed by atoms with E-state index in [1.165, 1.54) is 55.1 Å². The minimum absolute atomic E-state index is 0.685. The Morgan fingerprint density at radius 2 is 1.49 bits per heavy atom. The van der Waals surface area contributed by atoms with Gasteiger partial charge in [0.05, 0.1) is 11.4 Å². The lowest BCUT2D eigenvalue weighted by molar-refractivity contribution is 0.632. The smallest absolute Gasteiger partial charge is 0.101 e. The molecular weight excluding hydrogens is 473 g/mol. The lowest BCUT2D eigenvalue weighted by atomic mass is 9.97. The predicted molar refractivity (Wildman–Crippen MR) is 174 cm³/mol. The molecule has 0 fully saturated rings. The Morgan fingerprint density at radius 1 is 0.821 bits per heavy atom. The van der Waals surface area contributed by atoms with Crippen LogP contribution < -0.4 is 10.6 Å². The topological polar surface area (TPSA) is 36.4 Å². The number of hydrogen-bond acceptors (Lipinski definition) is 3. The molecule has 0 aliphatic carbocycles. The van der Waals surface area contributed by atoms with Gasteiger partial charge < -0.3 is 10.6 Å².